The van der Waals surface area contributed by atoms with Crippen molar-refractivity contribution in [2.75, 3.05) is 19.6 Å². The van der Waals surface area contributed by atoms with Crippen molar-refractivity contribution < 1.29 is 27.2 Å². The van der Waals surface area contributed by atoms with Gasteiger partial charge in [0, 0.05) is 25.2 Å². The molecule has 0 aliphatic carbocycles. The highest BCUT2D eigenvalue weighted by molar-refractivity contribution is 5.94. The van der Waals surface area contributed by atoms with E-state index < -0.39 is 23.8 Å². The lowest BCUT2D eigenvalue weighted by molar-refractivity contribution is -0.186. The van der Waals surface area contributed by atoms with Crippen LogP contribution in [0.15, 0.2) is 18.2 Å². The average molecular weight is 346 g/mol. The number of rotatable bonds is 3. The second kappa shape index (κ2) is 7.19. The summed E-state index contributed by atoms with van der Waals surface area (Å²) >= 11 is 0. The van der Waals surface area contributed by atoms with Crippen LogP contribution in [0.5, 0.6) is 0 Å². The molecule has 0 atom stereocenters. The van der Waals surface area contributed by atoms with Crippen LogP contribution in [0, 0.1) is 18.7 Å². The van der Waals surface area contributed by atoms with Crippen LogP contribution in [0.2, 0.25) is 0 Å². The molecule has 24 heavy (non-hydrogen) atoms. The van der Waals surface area contributed by atoms with Crippen molar-refractivity contribution in [1.29, 1.82) is 0 Å². The van der Waals surface area contributed by atoms with Crippen molar-refractivity contribution in [3.63, 3.8) is 0 Å². The van der Waals surface area contributed by atoms with Crippen LogP contribution in [0.1, 0.15) is 28.8 Å². The lowest BCUT2D eigenvalue weighted by Crippen LogP contribution is -2.46. The van der Waals surface area contributed by atoms with Crippen LogP contribution in [-0.2, 0) is 4.79 Å². The minimum Gasteiger partial charge on any atom is -0.352 e. The Morgan fingerprint density at radius 1 is 1.21 bits per heavy atom. The molecule has 1 heterocycles. The zero-order valence-corrected chi connectivity index (χ0v) is 13.1. The van der Waals surface area contributed by atoms with Gasteiger partial charge in [-0.05, 0) is 49.4 Å². The van der Waals surface area contributed by atoms with Crippen molar-refractivity contribution >= 4 is 11.8 Å². The van der Waals surface area contributed by atoms with Crippen LogP contribution >= 0.6 is 0 Å². The molecule has 132 valence electrons. The molecule has 1 aromatic rings. The number of hydrogen-bond donors (Lipinski definition) is 1. The molecule has 0 radical (unpaired) electrons. The van der Waals surface area contributed by atoms with E-state index in [0.717, 1.165) is 11.0 Å². The smallest absolute Gasteiger partial charge is 0.352 e. The summed E-state index contributed by atoms with van der Waals surface area (Å²) in [5, 5.41) is 2.67. The molecule has 1 N–H and O–H groups in total. The Balaban J connectivity index is 1.82. The Bertz CT molecular complexity index is 603. The molecule has 0 bridgehead atoms. The number of carbonyl (C=O) groups is 2. The van der Waals surface area contributed by atoms with E-state index in [1.54, 1.807) is 13.0 Å². The van der Waals surface area contributed by atoms with Crippen LogP contribution in [-0.4, -0.2) is 42.5 Å². The van der Waals surface area contributed by atoms with Crippen molar-refractivity contribution in [1.82, 2.24) is 10.2 Å². The molecule has 0 unspecified atom stereocenters. The van der Waals surface area contributed by atoms with E-state index in [-0.39, 0.29) is 31.1 Å². The number of likely N-dealkylation sites (tertiary alicyclic amines) is 1. The fraction of sp³-hybridized carbons (Fsp3) is 0.500. The molecule has 4 nitrogen and oxygen atoms in total. The SMILES string of the molecule is Cc1cc(F)cc(C(=O)NCC2CCN(C(=O)C(F)(F)F)CC2)c1. The number of hydrogen-bond acceptors (Lipinski definition) is 2. The highest BCUT2D eigenvalue weighted by atomic mass is 19.4. The molecule has 1 saturated heterocycles. The summed E-state index contributed by atoms with van der Waals surface area (Å²) in [6.07, 6.45) is -4.09. The standard InChI is InChI=1S/C16H18F4N2O2/c1-10-6-12(8-13(17)7-10)14(23)21-9-11-2-4-22(5-3-11)15(24)16(18,19)20/h6-8,11H,2-5,9H2,1H3,(H,21,23). The summed E-state index contributed by atoms with van der Waals surface area (Å²) in [6.45, 7) is 1.98. The van der Waals surface area contributed by atoms with E-state index in [2.05, 4.69) is 5.32 Å². The minimum atomic E-state index is -4.85. The first-order chi connectivity index (χ1) is 11.2. The third-order valence-corrected chi connectivity index (χ3v) is 4.00. The second-order valence-electron chi connectivity index (χ2n) is 5.96. The van der Waals surface area contributed by atoms with E-state index in [1.165, 1.54) is 6.07 Å². The first-order valence-electron chi connectivity index (χ1n) is 7.58. The number of alkyl halides is 3. The number of nitrogens with zero attached hydrogens (tertiary/aromatic N) is 1. The number of halogens is 4. The number of benzene rings is 1. The third-order valence-electron chi connectivity index (χ3n) is 4.00. The van der Waals surface area contributed by atoms with Gasteiger partial charge in [0.25, 0.3) is 5.91 Å². The van der Waals surface area contributed by atoms with E-state index in [1.807, 2.05) is 0 Å². The first-order valence-corrected chi connectivity index (χ1v) is 7.58. The van der Waals surface area contributed by atoms with Gasteiger partial charge >= 0.3 is 12.1 Å². The molecule has 1 aliphatic heterocycles. The molecular formula is C16H18F4N2O2. The fourth-order valence-corrected chi connectivity index (χ4v) is 2.73. The van der Waals surface area contributed by atoms with Crippen LogP contribution in [0.4, 0.5) is 17.6 Å². The maximum absolute atomic E-state index is 13.3. The predicted octanol–water partition coefficient (Wildman–Crippen LogP) is 2.66. The van der Waals surface area contributed by atoms with E-state index in [4.69, 9.17) is 0 Å². The van der Waals surface area contributed by atoms with Crippen LogP contribution < -0.4 is 5.32 Å². The Morgan fingerprint density at radius 2 is 1.83 bits per heavy atom. The quantitative estimate of drug-likeness (QED) is 0.856. The van der Waals surface area contributed by atoms with Gasteiger partial charge in [-0.3, -0.25) is 9.59 Å². The second-order valence-corrected chi connectivity index (χ2v) is 5.96. The van der Waals surface area contributed by atoms with E-state index in [9.17, 15) is 27.2 Å². The van der Waals surface area contributed by atoms with Gasteiger partial charge in [-0.1, -0.05) is 0 Å². The molecule has 0 spiro atoms. The minimum absolute atomic E-state index is 0.0119. The first kappa shape index (κ1) is 18.2. The summed E-state index contributed by atoms with van der Waals surface area (Å²) in [5.74, 6) is -2.76. The number of carbonyl (C=O) groups excluding carboxylic acids is 2. The zero-order valence-electron chi connectivity index (χ0n) is 13.1. The van der Waals surface area contributed by atoms with E-state index >= 15 is 0 Å². The van der Waals surface area contributed by atoms with Crippen molar-refractivity contribution in [2.45, 2.75) is 25.9 Å². The Labute approximate surface area is 136 Å². The Morgan fingerprint density at radius 3 is 2.38 bits per heavy atom. The van der Waals surface area contributed by atoms with Gasteiger partial charge in [-0.25, -0.2) is 4.39 Å². The van der Waals surface area contributed by atoms with E-state index in [0.29, 0.717) is 18.4 Å². The molecule has 8 heteroatoms. The number of piperidine rings is 1. The topological polar surface area (TPSA) is 49.4 Å². The van der Waals surface area contributed by atoms with Crippen LogP contribution in [0.3, 0.4) is 0 Å². The maximum atomic E-state index is 13.3. The van der Waals surface area contributed by atoms with Crippen molar-refractivity contribution in [3.8, 4) is 0 Å². The monoisotopic (exact) mass is 346 g/mol. The molecular weight excluding hydrogens is 328 g/mol. The average Bonchev–Trinajstić information content (AvgIpc) is 2.50. The molecule has 0 saturated carbocycles. The Hall–Kier alpha value is -2.12. The van der Waals surface area contributed by atoms with Gasteiger partial charge in [-0.2, -0.15) is 13.2 Å². The summed E-state index contributed by atoms with van der Waals surface area (Å²) < 4.78 is 50.4. The Kier molecular flexibility index (Phi) is 5.46. The van der Waals surface area contributed by atoms with Gasteiger partial charge in [-0.15, -0.1) is 0 Å². The van der Waals surface area contributed by atoms with Crippen molar-refractivity contribution in [3.05, 3.63) is 35.1 Å². The zero-order chi connectivity index (χ0) is 17.9. The maximum Gasteiger partial charge on any atom is 0.471 e. The molecule has 1 fully saturated rings. The molecule has 0 aromatic heterocycles. The number of nitrogens with one attached hydrogen (secondary N) is 1. The van der Waals surface area contributed by atoms with Gasteiger partial charge in [0.05, 0.1) is 0 Å². The normalized spacial score (nSPS) is 16.1. The lowest BCUT2D eigenvalue weighted by atomic mass is 9.96. The summed E-state index contributed by atoms with van der Waals surface area (Å²) in [5.41, 5.74) is 0.830. The summed E-state index contributed by atoms with van der Waals surface area (Å²) in [4.78, 5) is 23.9. The molecule has 1 aromatic carbocycles. The predicted molar refractivity (Wildman–Crippen MR) is 78.8 cm³/mol. The van der Waals surface area contributed by atoms with Gasteiger partial charge < -0.3 is 10.2 Å². The molecule has 2 amide bonds. The molecule has 1 aliphatic rings. The largest absolute Gasteiger partial charge is 0.471 e. The van der Waals surface area contributed by atoms with Gasteiger partial charge in [0.15, 0.2) is 0 Å². The summed E-state index contributed by atoms with van der Waals surface area (Å²) in [7, 11) is 0. The highest BCUT2D eigenvalue weighted by Crippen LogP contribution is 2.23. The lowest BCUT2D eigenvalue weighted by Gasteiger charge is -2.32. The van der Waals surface area contributed by atoms with Gasteiger partial charge in [0.1, 0.15) is 5.82 Å². The van der Waals surface area contributed by atoms with Crippen LogP contribution in [0.25, 0.3) is 0 Å². The van der Waals surface area contributed by atoms with Gasteiger partial charge in [0.2, 0.25) is 0 Å². The number of aryl methyl sites for hydroxylation is 1. The van der Waals surface area contributed by atoms with Crippen molar-refractivity contribution in [2.24, 2.45) is 5.92 Å². The number of amides is 2. The fourth-order valence-electron chi connectivity index (χ4n) is 2.73. The molecule has 2 rings (SSSR count). The third kappa shape index (κ3) is 4.69. The highest BCUT2D eigenvalue weighted by Gasteiger charge is 2.43. The summed E-state index contributed by atoms with van der Waals surface area (Å²) in [6, 6.07) is 4.00.